The molecule has 0 aromatic carbocycles. The number of esters is 1. The standard InChI is InChI=1S/C10H16O3/c1-3-13-9(11)6-8-5-4-7(2)10(8)12/h7-8H,3-6H2,1-2H3/t7-,8-/m0/s1. The van der Waals surface area contributed by atoms with Crippen LogP contribution in [0.1, 0.15) is 33.1 Å². The number of hydrogen-bond donors (Lipinski definition) is 0. The monoisotopic (exact) mass is 184 g/mol. The van der Waals surface area contributed by atoms with E-state index in [-0.39, 0.29) is 30.0 Å². The number of hydrogen-bond acceptors (Lipinski definition) is 3. The Hall–Kier alpha value is -0.860. The number of ether oxygens (including phenoxy) is 1. The van der Waals surface area contributed by atoms with Gasteiger partial charge in [-0.15, -0.1) is 0 Å². The normalized spacial score (nSPS) is 27.7. The van der Waals surface area contributed by atoms with Gasteiger partial charge in [-0.05, 0) is 19.8 Å². The lowest BCUT2D eigenvalue weighted by Crippen LogP contribution is -2.17. The van der Waals surface area contributed by atoms with Gasteiger partial charge < -0.3 is 4.74 Å². The van der Waals surface area contributed by atoms with Gasteiger partial charge in [0.2, 0.25) is 0 Å². The molecular formula is C10H16O3. The zero-order valence-electron chi connectivity index (χ0n) is 8.21. The van der Waals surface area contributed by atoms with E-state index in [0.717, 1.165) is 12.8 Å². The van der Waals surface area contributed by atoms with Crippen molar-refractivity contribution in [1.82, 2.24) is 0 Å². The molecule has 0 bridgehead atoms. The summed E-state index contributed by atoms with van der Waals surface area (Å²) in [7, 11) is 0. The van der Waals surface area contributed by atoms with E-state index in [1.807, 2.05) is 6.92 Å². The zero-order chi connectivity index (χ0) is 9.84. The molecule has 74 valence electrons. The molecule has 0 N–H and O–H groups in total. The number of rotatable bonds is 3. The lowest BCUT2D eigenvalue weighted by atomic mass is 10.0. The van der Waals surface area contributed by atoms with Gasteiger partial charge in [-0.1, -0.05) is 6.92 Å². The van der Waals surface area contributed by atoms with Gasteiger partial charge in [0, 0.05) is 11.8 Å². The van der Waals surface area contributed by atoms with Crippen molar-refractivity contribution < 1.29 is 14.3 Å². The van der Waals surface area contributed by atoms with Crippen LogP contribution >= 0.6 is 0 Å². The van der Waals surface area contributed by atoms with E-state index in [1.165, 1.54) is 0 Å². The molecule has 3 heteroatoms. The van der Waals surface area contributed by atoms with E-state index in [9.17, 15) is 9.59 Å². The van der Waals surface area contributed by atoms with Crippen LogP contribution in [-0.4, -0.2) is 18.4 Å². The molecule has 0 unspecified atom stereocenters. The Balaban J connectivity index is 2.38. The van der Waals surface area contributed by atoms with Crippen molar-refractivity contribution in [1.29, 1.82) is 0 Å². The number of Topliss-reactive ketones (excluding diaryl/α,β-unsaturated/α-hetero) is 1. The topological polar surface area (TPSA) is 43.4 Å². The highest BCUT2D eigenvalue weighted by Crippen LogP contribution is 2.29. The van der Waals surface area contributed by atoms with Gasteiger partial charge in [0.1, 0.15) is 5.78 Å². The van der Waals surface area contributed by atoms with Gasteiger partial charge in [0.25, 0.3) is 0 Å². The molecule has 3 nitrogen and oxygen atoms in total. The molecule has 0 saturated heterocycles. The first-order chi connectivity index (χ1) is 6.15. The summed E-state index contributed by atoms with van der Waals surface area (Å²) >= 11 is 0. The summed E-state index contributed by atoms with van der Waals surface area (Å²) in [5, 5.41) is 0. The van der Waals surface area contributed by atoms with Crippen molar-refractivity contribution in [2.45, 2.75) is 33.1 Å². The molecule has 13 heavy (non-hydrogen) atoms. The fraction of sp³-hybridized carbons (Fsp3) is 0.800. The molecule has 0 aromatic rings. The third-order valence-corrected chi connectivity index (χ3v) is 2.55. The van der Waals surface area contributed by atoms with Crippen molar-refractivity contribution >= 4 is 11.8 Å². The third kappa shape index (κ3) is 2.54. The summed E-state index contributed by atoms with van der Waals surface area (Å²) in [6.45, 7) is 4.10. The summed E-state index contributed by atoms with van der Waals surface area (Å²) in [5.41, 5.74) is 0. The van der Waals surface area contributed by atoms with Crippen molar-refractivity contribution in [3.8, 4) is 0 Å². The molecule has 0 amide bonds. The zero-order valence-corrected chi connectivity index (χ0v) is 8.21. The Morgan fingerprint density at radius 3 is 2.69 bits per heavy atom. The first kappa shape index (κ1) is 10.2. The predicted molar refractivity (Wildman–Crippen MR) is 48.1 cm³/mol. The molecule has 2 atom stereocenters. The second-order valence-corrected chi connectivity index (χ2v) is 3.59. The number of carbonyl (C=O) groups excluding carboxylic acids is 2. The fourth-order valence-corrected chi connectivity index (χ4v) is 1.76. The maximum atomic E-state index is 11.4. The van der Waals surface area contributed by atoms with Crippen LogP contribution in [-0.2, 0) is 14.3 Å². The smallest absolute Gasteiger partial charge is 0.306 e. The first-order valence-electron chi connectivity index (χ1n) is 4.84. The Kier molecular flexibility index (Phi) is 3.46. The van der Waals surface area contributed by atoms with Crippen LogP contribution in [0.5, 0.6) is 0 Å². The molecule has 1 rings (SSSR count). The summed E-state index contributed by atoms with van der Waals surface area (Å²) in [5.74, 6) is 0.0523. The molecule has 0 aliphatic heterocycles. The van der Waals surface area contributed by atoms with Crippen molar-refractivity contribution in [3.63, 3.8) is 0 Å². The molecule has 0 radical (unpaired) electrons. The first-order valence-corrected chi connectivity index (χ1v) is 4.84. The number of carbonyl (C=O) groups is 2. The third-order valence-electron chi connectivity index (χ3n) is 2.55. The van der Waals surface area contributed by atoms with E-state index < -0.39 is 0 Å². The molecule has 1 fully saturated rings. The van der Waals surface area contributed by atoms with Crippen LogP contribution in [0, 0.1) is 11.8 Å². The van der Waals surface area contributed by atoms with E-state index in [1.54, 1.807) is 6.92 Å². The van der Waals surface area contributed by atoms with Gasteiger partial charge in [-0.2, -0.15) is 0 Å². The highest BCUT2D eigenvalue weighted by atomic mass is 16.5. The van der Waals surface area contributed by atoms with Gasteiger partial charge in [0.15, 0.2) is 0 Å². The Bertz CT molecular complexity index is 210. The second kappa shape index (κ2) is 4.40. The average Bonchev–Trinajstić information content (AvgIpc) is 2.37. The van der Waals surface area contributed by atoms with E-state index >= 15 is 0 Å². The molecular weight excluding hydrogens is 168 g/mol. The van der Waals surface area contributed by atoms with Crippen LogP contribution < -0.4 is 0 Å². The van der Waals surface area contributed by atoms with Gasteiger partial charge in [0.05, 0.1) is 13.0 Å². The summed E-state index contributed by atoms with van der Waals surface area (Å²) < 4.78 is 4.80. The average molecular weight is 184 g/mol. The maximum Gasteiger partial charge on any atom is 0.306 e. The van der Waals surface area contributed by atoms with Crippen LogP contribution in [0.15, 0.2) is 0 Å². The van der Waals surface area contributed by atoms with Crippen LogP contribution in [0.25, 0.3) is 0 Å². The van der Waals surface area contributed by atoms with E-state index in [0.29, 0.717) is 6.61 Å². The number of ketones is 1. The summed E-state index contributed by atoms with van der Waals surface area (Å²) in [4.78, 5) is 22.5. The van der Waals surface area contributed by atoms with E-state index in [2.05, 4.69) is 0 Å². The highest BCUT2D eigenvalue weighted by molar-refractivity contribution is 5.88. The molecule has 0 aromatic heterocycles. The second-order valence-electron chi connectivity index (χ2n) is 3.59. The molecule has 1 aliphatic rings. The van der Waals surface area contributed by atoms with Crippen molar-refractivity contribution in [2.24, 2.45) is 11.8 Å². The van der Waals surface area contributed by atoms with Crippen LogP contribution in [0.2, 0.25) is 0 Å². The largest absolute Gasteiger partial charge is 0.466 e. The van der Waals surface area contributed by atoms with Crippen LogP contribution in [0.3, 0.4) is 0 Å². The van der Waals surface area contributed by atoms with Crippen LogP contribution in [0.4, 0.5) is 0 Å². The Morgan fingerprint density at radius 2 is 2.23 bits per heavy atom. The molecule has 0 heterocycles. The maximum absolute atomic E-state index is 11.4. The Morgan fingerprint density at radius 1 is 1.54 bits per heavy atom. The minimum atomic E-state index is -0.241. The fourth-order valence-electron chi connectivity index (χ4n) is 1.76. The van der Waals surface area contributed by atoms with Gasteiger partial charge in [-0.3, -0.25) is 9.59 Å². The van der Waals surface area contributed by atoms with Gasteiger partial charge in [-0.25, -0.2) is 0 Å². The SMILES string of the molecule is CCOC(=O)C[C@@H]1CC[C@H](C)C1=O. The van der Waals surface area contributed by atoms with Crippen molar-refractivity contribution in [3.05, 3.63) is 0 Å². The Labute approximate surface area is 78.5 Å². The predicted octanol–water partition coefficient (Wildman–Crippen LogP) is 1.55. The summed E-state index contributed by atoms with van der Waals surface area (Å²) in [6.07, 6.45) is 2.04. The lowest BCUT2D eigenvalue weighted by Gasteiger charge is -2.07. The highest BCUT2D eigenvalue weighted by Gasteiger charge is 2.32. The molecule has 1 saturated carbocycles. The van der Waals surface area contributed by atoms with Crippen molar-refractivity contribution in [2.75, 3.05) is 6.61 Å². The summed E-state index contributed by atoms with van der Waals surface area (Å²) in [6, 6.07) is 0. The molecule has 0 spiro atoms. The minimum absolute atomic E-state index is 0.0750. The lowest BCUT2D eigenvalue weighted by molar-refractivity contribution is -0.145. The van der Waals surface area contributed by atoms with E-state index in [4.69, 9.17) is 4.74 Å². The quantitative estimate of drug-likeness (QED) is 0.625. The van der Waals surface area contributed by atoms with Gasteiger partial charge >= 0.3 is 5.97 Å². The molecule has 1 aliphatic carbocycles. The minimum Gasteiger partial charge on any atom is -0.466 e.